The molecule has 0 aliphatic carbocycles. The van der Waals surface area contributed by atoms with Gasteiger partial charge in [0.25, 0.3) is 0 Å². The fourth-order valence-corrected chi connectivity index (χ4v) is 0.434. The van der Waals surface area contributed by atoms with E-state index in [9.17, 15) is 0 Å². The first-order chi connectivity index (χ1) is 3.84. The normalized spacial score (nSPS) is 8.50. The topological polar surface area (TPSA) is 36.9 Å². The molecule has 0 saturated heterocycles. The van der Waals surface area contributed by atoms with E-state index in [0.717, 1.165) is 0 Å². The summed E-state index contributed by atoms with van der Waals surface area (Å²) in [6.07, 6.45) is 1.45. The van der Waals surface area contributed by atoms with Crippen LogP contribution in [0.15, 0.2) is 16.7 Å². The molecule has 0 aliphatic rings. The molecule has 0 aromatic carbocycles. The third-order valence-corrected chi connectivity index (χ3v) is 0.848. The Balaban J connectivity index is 3.15. The molecule has 1 rings (SSSR count). The van der Waals surface area contributed by atoms with Crippen molar-refractivity contribution < 1.29 is 4.42 Å². The third kappa shape index (κ3) is 0.584. The average molecular weight is 106 g/mol. The SMILES string of the molecule is [CH2]c1ccoc1C#N. The van der Waals surface area contributed by atoms with Gasteiger partial charge in [-0.05, 0) is 13.0 Å². The van der Waals surface area contributed by atoms with Crippen LogP contribution in [0.3, 0.4) is 0 Å². The lowest BCUT2D eigenvalue weighted by Gasteiger charge is -1.75. The van der Waals surface area contributed by atoms with Gasteiger partial charge in [-0.1, -0.05) is 0 Å². The first-order valence-electron chi connectivity index (χ1n) is 2.14. The summed E-state index contributed by atoms with van der Waals surface area (Å²) in [5.74, 6) is 0.296. The van der Waals surface area contributed by atoms with E-state index in [-0.39, 0.29) is 0 Å². The molecule has 1 heterocycles. The standard InChI is InChI=1S/C6H4NO/c1-5-2-3-8-6(5)4-7/h2-3H,1H2. The van der Waals surface area contributed by atoms with E-state index >= 15 is 0 Å². The van der Waals surface area contributed by atoms with Crippen molar-refractivity contribution in [1.82, 2.24) is 0 Å². The van der Waals surface area contributed by atoms with E-state index in [0.29, 0.717) is 11.3 Å². The average Bonchev–Trinajstić information content (AvgIpc) is 2.14. The molecule has 0 N–H and O–H groups in total. The second kappa shape index (κ2) is 1.71. The molecule has 2 heteroatoms. The summed E-state index contributed by atoms with van der Waals surface area (Å²) in [6.45, 7) is 3.54. The Hall–Kier alpha value is -1.23. The summed E-state index contributed by atoms with van der Waals surface area (Å²) in [5, 5.41) is 8.22. The third-order valence-electron chi connectivity index (χ3n) is 0.848. The zero-order chi connectivity index (χ0) is 5.98. The molecule has 0 amide bonds. The fourth-order valence-electron chi connectivity index (χ4n) is 0.434. The highest BCUT2D eigenvalue weighted by Gasteiger charge is 1.95. The summed E-state index contributed by atoms with van der Waals surface area (Å²) >= 11 is 0. The van der Waals surface area contributed by atoms with Gasteiger partial charge in [-0.3, -0.25) is 0 Å². The molecular weight excluding hydrogens is 102 g/mol. The molecule has 0 fully saturated rings. The Morgan fingerprint density at radius 3 is 2.75 bits per heavy atom. The van der Waals surface area contributed by atoms with Crippen LogP contribution in [0.1, 0.15) is 11.3 Å². The maximum atomic E-state index is 8.22. The molecule has 39 valence electrons. The molecule has 0 saturated carbocycles. The second-order valence-corrected chi connectivity index (χ2v) is 1.39. The summed E-state index contributed by atoms with van der Waals surface area (Å²) in [5.41, 5.74) is 0.646. The first kappa shape index (κ1) is 4.92. The first-order valence-corrected chi connectivity index (χ1v) is 2.14. The number of hydrogen-bond donors (Lipinski definition) is 0. The Bertz CT molecular complexity index is 219. The molecule has 2 nitrogen and oxygen atoms in total. The minimum Gasteiger partial charge on any atom is -0.454 e. The van der Waals surface area contributed by atoms with Crippen molar-refractivity contribution in [2.75, 3.05) is 0 Å². The van der Waals surface area contributed by atoms with Gasteiger partial charge in [0, 0.05) is 5.56 Å². The zero-order valence-corrected chi connectivity index (χ0v) is 4.22. The Morgan fingerprint density at radius 2 is 2.50 bits per heavy atom. The number of nitrogens with zero attached hydrogens (tertiary/aromatic N) is 1. The highest BCUT2D eigenvalue weighted by atomic mass is 16.3. The van der Waals surface area contributed by atoms with Crippen LogP contribution < -0.4 is 0 Å². The predicted molar refractivity (Wildman–Crippen MR) is 27.9 cm³/mol. The van der Waals surface area contributed by atoms with Gasteiger partial charge < -0.3 is 4.42 Å². The number of furan rings is 1. The van der Waals surface area contributed by atoms with E-state index < -0.39 is 0 Å². The molecule has 0 unspecified atom stereocenters. The maximum absolute atomic E-state index is 8.22. The van der Waals surface area contributed by atoms with Crippen LogP contribution >= 0.6 is 0 Å². The van der Waals surface area contributed by atoms with Crippen LogP contribution in [-0.4, -0.2) is 0 Å². The van der Waals surface area contributed by atoms with Gasteiger partial charge in [0.2, 0.25) is 5.76 Å². The van der Waals surface area contributed by atoms with Crippen molar-refractivity contribution in [2.45, 2.75) is 0 Å². The molecule has 0 bridgehead atoms. The van der Waals surface area contributed by atoms with E-state index in [1.165, 1.54) is 6.26 Å². The van der Waals surface area contributed by atoms with Crippen LogP contribution in [0.5, 0.6) is 0 Å². The van der Waals surface area contributed by atoms with Gasteiger partial charge in [0.1, 0.15) is 6.07 Å². The van der Waals surface area contributed by atoms with Crippen LogP contribution in [0, 0.1) is 18.3 Å². The van der Waals surface area contributed by atoms with Crippen molar-refractivity contribution >= 4 is 0 Å². The zero-order valence-electron chi connectivity index (χ0n) is 4.22. The van der Waals surface area contributed by atoms with E-state index in [2.05, 4.69) is 11.3 Å². The lowest BCUT2D eigenvalue weighted by atomic mass is 10.3. The fraction of sp³-hybridized carbons (Fsp3) is 0. The predicted octanol–water partition coefficient (Wildman–Crippen LogP) is 1.33. The molecule has 0 spiro atoms. The summed E-state index contributed by atoms with van der Waals surface area (Å²) in [6, 6.07) is 3.50. The van der Waals surface area contributed by atoms with Gasteiger partial charge in [-0.15, -0.1) is 0 Å². The van der Waals surface area contributed by atoms with E-state index in [1.54, 1.807) is 6.07 Å². The van der Waals surface area contributed by atoms with Crippen LogP contribution in [0.25, 0.3) is 0 Å². The van der Waals surface area contributed by atoms with Gasteiger partial charge >= 0.3 is 0 Å². The Labute approximate surface area is 47.3 Å². The number of nitriles is 1. The molecule has 0 aliphatic heterocycles. The van der Waals surface area contributed by atoms with E-state index in [1.807, 2.05) is 6.07 Å². The van der Waals surface area contributed by atoms with Gasteiger partial charge in [0.05, 0.1) is 6.26 Å². The molecule has 8 heavy (non-hydrogen) atoms. The monoisotopic (exact) mass is 106 g/mol. The largest absolute Gasteiger partial charge is 0.454 e. The van der Waals surface area contributed by atoms with Crippen LogP contribution in [0.4, 0.5) is 0 Å². The molecule has 1 radical (unpaired) electrons. The summed E-state index contributed by atoms with van der Waals surface area (Å²) in [7, 11) is 0. The van der Waals surface area contributed by atoms with Crippen molar-refractivity contribution in [3.05, 3.63) is 30.6 Å². The maximum Gasteiger partial charge on any atom is 0.206 e. The minimum absolute atomic E-state index is 0.296. The lowest BCUT2D eigenvalue weighted by molar-refractivity contribution is 0.551. The van der Waals surface area contributed by atoms with Gasteiger partial charge in [0.15, 0.2) is 0 Å². The summed E-state index contributed by atoms with van der Waals surface area (Å²) in [4.78, 5) is 0. The molecule has 1 aromatic rings. The quantitative estimate of drug-likeness (QED) is 0.500. The van der Waals surface area contributed by atoms with Crippen LogP contribution in [-0.2, 0) is 0 Å². The molecule has 0 atom stereocenters. The number of hydrogen-bond acceptors (Lipinski definition) is 2. The lowest BCUT2D eigenvalue weighted by Crippen LogP contribution is -1.67. The Kier molecular flexibility index (Phi) is 1.05. The smallest absolute Gasteiger partial charge is 0.206 e. The van der Waals surface area contributed by atoms with Crippen molar-refractivity contribution in [3.8, 4) is 6.07 Å². The van der Waals surface area contributed by atoms with Crippen LogP contribution in [0.2, 0.25) is 0 Å². The van der Waals surface area contributed by atoms with Crippen molar-refractivity contribution in [2.24, 2.45) is 0 Å². The highest BCUT2D eigenvalue weighted by molar-refractivity contribution is 5.29. The molecular formula is C6H4NO. The Morgan fingerprint density at radius 1 is 1.75 bits per heavy atom. The van der Waals surface area contributed by atoms with Crippen molar-refractivity contribution in [3.63, 3.8) is 0 Å². The van der Waals surface area contributed by atoms with Gasteiger partial charge in [-0.25, -0.2) is 0 Å². The second-order valence-electron chi connectivity index (χ2n) is 1.39. The van der Waals surface area contributed by atoms with Crippen molar-refractivity contribution in [1.29, 1.82) is 5.26 Å². The summed E-state index contributed by atoms with van der Waals surface area (Å²) < 4.78 is 4.69. The molecule has 1 aromatic heterocycles. The van der Waals surface area contributed by atoms with E-state index in [4.69, 9.17) is 5.26 Å². The number of rotatable bonds is 0. The highest BCUT2D eigenvalue weighted by Crippen LogP contribution is 2.04. The minimum atomic E-state index is 0.296. The van der Waals surface area contributed by atoms with Gasteiger partial charge in [-0.2, -0.15) is 5.26 Å².